The maximum atomic E-state index is 5.78. The quantitative estimate of drug-likeness (QED) is 0.146. The summed E-state index contributed by atoms with van der Waals surface area (Å²) >= 11 is 0. The number of hydrogen-bond donors (Lipinski definition) is 0. The van der Waals surface area contributed by atoms with E-state index in [1.165, 1.54) is 49.7 Å². The first-order valence-electron chi connectivity index (χ1n) is 21.4. The van der Waals surface area contributed by atoms with E-state index >= 15 is 0 Å². The molecule has 0 N–H and O–H groups in total. The second kappa shape index (κ2) is 15.0. The molecule has 10 aromatic rings. The Morgan fingerprint density at radius 1 is 0.397 bits per heavy atom. The third-order valence-corrected chi connectivity index (χ3v) is 13.0. The molecule has 1 heterocycles. The van der Waals surface area contributed by atoms with E-state index < -0.39 is 0 Å². The van der Waals surface area contributed by atoms with Crippen LogP contribution in [0.5, 0.6) is 0 Å². The molecule has 0 bridgehead atoms. The van der Waals surface area contributed by atoms with Crippen LogP contribution in [0.3, 0.4) is 0 Å². The van der Waals surface area contributed by atoms with Gasteiger partial charge >= 0.3 is 0 Å². The highest BCUT2D eigenvalue weighted by molar-refractivity contribution is 6.10. The average molecular weight is 803 g/mol. The van der Waals surface area contributed by atoms with Crippen molar-refractivity contribution in [3.05, 3.63) is 229 Å². The molecule has 0 saturated heterocycles. The van der Waals surface area contributed by atoms with Gasteiger partial charge in [0.25, 0.3) is 0 Å². The Morgan fingerprint density at radius 3 is 1.63 bits per heavy atom. The van der Waals surface area contributed by atoms with Crippen LogP contribution in [0.4, 0.5) is 17.1 Å². The fraction of sp³-hybridized carbons (Fsp3) is 0.0492. The number of benzene rings is 9. The number of aromatic nitrogens is 1. The van der Waals surface area contributed by atoms with E-state index in [1.807, 2.05) is 18.2 Å². The highest BCUT2D eigenvalue weighted by atomic mass is 15.1. The van der Waals surface area contributed by atoms with Gasteiger partial charge in [0.05, 0.1) is 11.0 Å². The minimum absolute atomic E-state index is 0.109. The van der Waals surface area contributed by atoms with Crippen LogP contribution >= 0.6 is 0 Å². The molecule has 0 atom stereocenters. The standard InChI is InChI=1S/C61H42N2/c1-5-41-20-21-47(38-42(41)6-2)45-26-33-51(34-27-45)63-59-19-13-11-17-55(59)56-39-48(28-37-60(56)63)46-24-31-50(32-25-46)62(49-29-22-44(23-30-49)43-14-8-7-9-15-43)52-35-36-54-53-16-10-12-18-57(53)61(3,4)58(54)40-52/h1-2,7-40H,3-4H3. The molecule has 1 aliphatic carbocycles. The molecule has 9 aromatic carbocycles. The number of nitrogens with zero attached hydrogens (tertiary/aromatic N) is 2. The van der Waals surface area contributed by atoms with Crippen LogP contribution < -0.4 is 4.90 Å². The van der Waals surface area contributed by atoms with Gasteiger partial charge in [0.2, 0.25) is 0 Å². The van der Waals surface area contributed by atoms with Gasteiger partial charge < -0.3 is 9.47 Å². The third-order valence-electron chi connectivity index (χ3n) is 13.0. The lowest BCUT2D eigenvalue weighted by molar-refractivity contribution is 0.660. The van der Waals surface area contributed by atoms with Crippen LogP contribution in [-0.4, -0.2) is 4.57 Å². The van der Waals surface area contributed by atoms with Crippen molar-refractivity contribution in [3.63, 3.8) is 0 Å². The zero-order valence-electron chi connectivity index (χ0n) is 35.2. The summed E-state index contributed by atoms with van der Waals surface area (Å²) in [4.78, 5) is 2.39. The van der Waals surface area contributed by atoms with Crippen molar-refractivity contribution in [3.8, 4) is 74.9 Å². The van der Waals surface area contributed by atoms with Crippen LogP contribution in [0.15, 0.2) is 206 Å². The second-order valence-electron chi connectivity index (χ2n) is 16.9. The predicted octanol–water partition coefficient (Wildman–Crippen LogP) is 15.5. The van der Waals surface area contributed by atoms with Crippen LogP contribution in [0.1, 0.15) is 36.1 Å². The molecule has 296 valence electrons. The number of rotatable bonds is 7. The monoisotopic (exact) mass is 802 g/mol. The van der Waals surface area contributed by atoms with Crippen LogP contribution in [0.2, 0.25) is 0 Å². The van der Waals surface area contributed by atoms with Gasteiger partial charge in [-0.15, -0.1) is 12.8 Å². The zero-order valence-corrected chi connectivity index (χ0v) is 35.2. The Balaban J connectivity index is 0.962. The van der Waals surface area contributed by atoms with Crippen molar-refractivity contribution in [1.29, 1.82) is 0 Å². The molecule has 0 saturated carbocycles. The Labute approximate surface area is 369 Å². The lowest BCUT2D eigenvalue weighted by atomic mass is 9.82. The van der Waals surface area contributed by atoms with Crippen molar-refractivity contribution < 1.29 is 0 Å². The fourth-order valence-corrected chi connectivity index (χ4v) is 9.72. The van der Waals surface area contributed by atoms with Crippen LogP contribution in [0.25, 0.3) is 72.0 Å². The van der Waals surface area contributed by atoms with E-state index in [0.717, 1.165) is 61.6 Å². The summed E-state index contributed by atoms with van der Waals surface area (Å²) in [5.41, 5.74) is 20.3. The summed E-state index contributed by atoms with van der Waals surface area (Å²) < 4.78 is 2.35. The fourth-order valence-electron chi connectivity index (χ4n) is 9.72. The topological polar surface area (TPSA) is 8.17 Å². The first kappa shape index (κ1) is 37.7. The number of hydrogen-bond acceptors (Lipinski definition) is 1. The van der Waals surface area contributed by atoms with Crippen molar-refractivity contribution in [2.75, 3.05) is 4.90 Å². The van der Waals surface area contributed by atoms with Gasteiger partial charge in [0, 0.05) is 50.1 Å². The van der Waals surface area contributed by atoms with Crippen molar-refractivity contribution in [2.45, 2.75) is 19.3 Å². The van der Waals surface area contributed by atoms with Crippen molar-refractivity contribution in [1.82, 2.24) is 4.57 Å². The number of para-hydroxylation sites is 1. The van der Waals surface area contributed by atoms with Gasteiger partial charge in [0.15, 0.2) is 0 Å². The maximum absolute atomic E-state index is 5.78. The van der Waals surface area contributed by atoms with Gasteiger partial charge in [0.1, 0.15) is 0 Å². The molecular weight excluding hydrogens is 761 g/mol. The third kappa shape index (κ3) is 6.32. The van der Waals surface area contributed by atoms with Crippen LogP contribution in [-0.2, 0) is 5.41 Å². The summed E-state index contributed by atoms with van der Waals surface area (Å²) in [7, 11) is 0. The highest BCUT2D eigenvalue weighted by Crippen LogP contribution is 2.51. The number of fused-ring (bicyclic) bond motifs is 6. The Hall–Kier alpha value is -8.30. The summed E-state index contributed by atoms with van der Waals surface area (Å²) in [5, 5.41) is 2.42. The smallest absolute Gasteiger partial charge is 0.0541 e. The summed E-state index contributed by atoms with van der Waals surface area (Å²) in [6.07, 6.45) is 11.5. The maximum Gasteiger partial charge on any atom is 0.0541 e. The molecule has 0 radical (unpaired) electrons. The first-order chi connectivity index (χ1) is 30.9. The van der Waals surface area contributed by atoms with E-state index in [4.69, 9.17) is 12.8 Å². The Kier molecular flexibility index (Phi) is 8.97. The molecule has 0 aliphatic heterocycles. The molecule has 0 fully saturated rings. The average Bonchev–Trinajstić information content (AvgIpc) is 3.79. The SMILES string of the molecule is C#Cc1ccc(-c2ccc(-n3c4ccccc4c4cc(-c5ccc(N(c6ccc(-c7ccccc7)cc6)c6ccc7c(c6)C(C)(C)c6ccccc6-7)cc5)ccc43)cc2)cc1C#C. The Bertz CT molecular complexity index is 3460. The normalized spacial score (nSPS) is 12.4. The number of anilines is 3. The minimum Gasteiger partial charge on any atom is -0.310 e. The summed E-state index contributed by atoms with van der Waals surface area (Å²) in [6, 6.07) is 74.5. The largest absolute Gasteiger partial charge is 0.310 e. The van der Waals surface area contributed by atoms with E-state index in [-0.39, 0.29) is 5.41 Å². The van der Waals surface area contributed by atoms with Gasteiger partial charge in [-0.1, -0.05) is 153 Å². The molecule has 1 aromatic heterocycles. The molecule has 2 nitrogen and oxygen atoms in total. The zero-order chi connectivity index (χ0) is 42.7. The Morgan fingerprint density at radius 2 is 0.921 bits per heavy atom. The van der Waals surface area contributed by atoms with Crippen molar-refractivity contribution in [2.24, 2.45) is 0 Å². The second-order valence-corrected chi connectivity index (χ2v) is 16.9. The lowest BCUT2D eigenvalue weighted by Gasteiger charge is -2.28. The number of terminal acetylenes is 2. The first-order valence-corrected chi connectivity index (χ1v) is 21.4. The van der Waals surface area contributed by atoms with Crippen LogP contribution in [0, 0.1) is 24.7 Å². The summed E-state index contributed by atoms with van der Waals surface area (Å²) in [5.74, 6) is 5.43. The van der Waals surface area contributed by atoms with Gasteiger partial charge in [-0.05, 0) is 134 Å². The van der Waals surface area contributed by atoms with E-state index in [2.05, 4.69) is 223 Å². The van der Waals surface area contributed by atoms with E-state index in [1.54, 1.807) is 0 Å². The van der Waals surface area contributed by atoms with Gasteiger partial charge in [-0.25, -0.2) is 0 Å². The molecule has 0 amide bonds. The van der Waals surface area contributed by atoms with Crippen molar-refractivity contribution >= 4 is 38.9 Å². The summed E-state index contributed by atoms with van der Waals surface area (Å²) in [6.45, 7) is 4.69. The van der Waals surface area contributed by atoms with Gasteiger partial charge in [-0.3, -0.25) is 0 Å². The molecule has 11 rings (SSSR count). The van der Waals surface area contributed by atoms with E-state index in [0.29, 0.717) is 0 Å². The molecule has 2 heteroatoms. The molecule has 1 aliphatic rings. The molecule has 0 spiro atoms. The lowest BCUT2D eigenvalue weighted by Crippen LogP contribution is -2.16. The van der Waals surface area contributed by atoms with Gasteiger partial charge in [-0.2, -0.15) is 0 Å². The predicted molar refractivity (Wildman–Crippen MR) is 265 cm³/mol. The molecular formula is C61H42N2. The molecule has 0 unspecified atom stereocenters. The van der Waals surface area contributed by atoms with E-state index in [9.17, 15) is 0 Å². The molecule has 63 heavy (non-hydrogen) atoms. The minimum atomic E-state index is -0.109. The highest BCUT2D eigenvalue weighted by Gasteiger charge is 2.35.